The second-order valence-electron chi connectivity index (χ2n) is 6.93. The summed E-state index contributed by atoms with van der Waals surface area (Å²) in [6, 6.07) is 0.0453. The number of hydrogen-bond donors (Lipinski definition) is 2. The first-order valence-corrected chi connectivity index (χ1v) is 9.24. The molecule has 4 rings (SSSR count). The Morgan fingerprint density at radius 2 is 2.27 bits per heavy atom. The third-order valence-electron chi connectivity index (χ3n) is 5.77. The minimum atomic E-state index is -0.00758. The van der Waals surface area contributed by atoms with E-state index in [4.69, 9.17) is 5.73 Å². The highest BCUT2D eigenvalue weighted by Crippen LogP contribution is 2.48. The molecule has 2 bridgehead atoms. The van der Waals surface area contributed by atoms with Crippen LogP contribution in [0.15, 0.2) is 0 Å². The number of nitrogens with zero attached hydrogens (tertiary/aromatic N) is 2. The van der Waals surface area contributed by atoms with Crippen LogP contribution in [0.2, 0.25) is 0 Å². The molecule has 2 fully saturated rings. The average Bonchev–Trinajstić information content (AvgIpc) is 3.19. The number of rotatable bonds is 3. The number of aromatic nitrogens is 1. The summed E-state index contributed by atoms with van der Waals surface area (Å²) < 4.78 is 0. The molecule has 4 unspecified atom stereocenters. The Labute approximate surface area is 135 Å². The minimum absolute atomic E-state index is 0.00758. The highest BCUT2D eigenvalue weighted by molar-refractivity contribution is 7.15. The van der Waals surface area contributed by atoms with Crippen LogP contribution < -0.4 is 11.1 Å². The lowest BCUT2D eigenvalue weighted by Crippen LogP contribution is -2.42. The van der Waals surface area contributed by atoms with E-state index in [-0.39, 0.29) is 17.9 Å². The van der Waals surface area contributed by atoms with Crippen molar-refractivity contribution in [3.8, 4) is 0 Å². The van der Waals surface area contributed by atoms with Gasteiger partial charge in [-0.05, 0) is 37.6 Å². The van der Waals surface area contributed by atoms with E-state index in [0.29, 0.717) is 11.8 Å². The molecule has 0 saturated heterocycles. The average molecular weight is 320 g/mol. The Bertz CT molecular complexity index is 585. The van der Waals surface area contributed by atoms with Crippen LogP contribution in [0.3, 0.4) is 0 Å². The molecule has 3 aliphatic rings. The third kappa shape index (κ3) is 2.37. The summed E-state index contributed by atoms with van der Waals surface area (Å²) in [4.78, 5) is 21.0. The molecule has 22 heavy (non-hydrogen) atoms. The van der Waals surface area contributed by atoms with Gasteiger partial charge in [0.2, 0.25) is 5.91 Å². The highest BCUT2D eigenvalue weighted by Gasteiger charge is 2.49. The van der Waals surface area contributed by atoms with Gasteiger partial charge in [0, 0.05) is 30.4 Å². The molecule has 2 saturated carbocycles. The molecule has 3 N–H and O–H groups in total. The minimum Gasteiger partial charge on any atom is -0.327 e. The molecule has 0 radical (unpaired) electrons. The molecule has 4 atom stereocenters. The van der Waals surface area contributed by atoms with Crippen LogP contribution in [0.4, 0.5) is 5.13 Å². The van der Waals surface area contributed by atoms with E-state index in [1.807, 2.05) is 0 Å². The van der Waals surface area contributed by atoms with E-state index in [1.165, 1.54) is 17.0 Å². The topological polar surface area (TPSA) is 71.2 Å². The predicted molar refractivity (Wildman–Crippen MR) is 87.7 cm³/mol. The zero-order valence-corrected chi connectivity index (χ0v) is 13.9. The van der Waals surface area contributed by atoms with Crippen molar-refractivity contribution >= 4 is 22.4 Å². The van der Waals surface area contributed by atoms with E-state index in [9.17, 15) is 4.79 Å². The number of fused-ring (bicyclic) bond motifs is 3. The summed E-state index contributed by atoms with van der Waals surface area (Å²) in [5, 5.41) is 3.83. The quantitative estimate of drug-likeness (QED) is 0.891. The summed E-state index contributed by atoms with van der Waals surface area (Å²) >= 11 is 1.64. The summed E-state index contributed by atoms with van der Waals surface area (Å²) in [5.41, 5.74) is 7.44. The van der Waals surface area contributed by atoms with Gasteiger partial charge in [-0.2, -0.15) is 0 Å². The molecule has 1 aromatic heterocycles. The summed E-state index contributed by atoms with van der Waals surface area (Å²) in [6.07, 6.45) is 4.49. The van der Waals surface area contributed by atoms with Gasteiger partial charge in [-0.3, -0.25) is 9.69 Å². The van der Waals surface area contributed by atoms with Gasteiger partial charge in [0.15, 0.2) is 5.13 Å². The smallest absolute Gasteiger partial charge is 0.231 e. The molecule has 6 heteroatoms. The molecule has 2 heterocycles. The Morgan fingerprint density at radius 3 is 3.00 bits per heavy atom. The van der Waals surface area contributed by atoms with Crippen LogP contribution in [0.5, 0.6) is 0 Å². The normalized spacial score (nSPS) is 33.9. The fourth-order valence-corrected chi connectivity index (χ4v) is 5.54. The number of carbonyl (C=O) groups excluding carboxylic acids is 1. The van der Waals surface area contributed by atoms with Gasteiger partial charge in [0.1, 0.15) is 0 Å². The van der Waals surface area contributed by atoms with Gasteiger partial charge in [0.25, 0.3) is 0 Å². The maximum atomic E-state index is 12.6. The van der Waals surface area contributed by atoms with E-state index >= 15 is 0 Å². The Morgan fingerprint density at radius 1 is 1.45 bits per heavy atom. The molecule has 120 valence electrons. The first-order chi connectivity index (χ1) is 10.7. The van der Waals surface area contributed by atoms with Crippen molar-refractivity contribution in [3.63, 3.8) is 0 Å². The van der Waals surface area contributed by atoms with Gasteiger partial charge in [0.05, 0.1) is 11.6 Å². The van der Waals surface area contributed by atoms with Crippen LogP contribution in [0, 0.1) is 17.8 Å². The number of hydrogen-bond acceptors (Lipinski definition) is 5. The van der Waals surface area contributed by atoms with Crippen LogP contribution in [-0.2, 0) is 17.8 Å². The fourth-order valence-electron chi connectivity index (χ4n) is 4.49. The summed E-state index contributed by atoms with van der Waals surface area (Å²) in [5.74, 6) is 1.14. The van der Waals surface area contributed by atoms with E-state index in [1.54, 1.807) is 11.3 Å². The number of thiazole rings is 1. The van der Waals surface area contributed by atoms with E-state index in [2.05, 4.69) is 22.1 Å². The standard InChI is InChI=1S/C16H24N4OS/c1-2-20-6-5-11-12(8-20)22-16(18-11)19-15(21)13-9-3-4-10(7-9)14(13)17/h9-10,13-14H,2-8,17H2,1H3,(H,18,19,21). The monoisotopic (exact) mass is 320 g/mol. The van der Waals surface area contributed by atoms with Crippen LogP contribution in [0.1, 0.15) is 36.8 Å². The third-order valence-corrected chi connectivity index (χ3v) is 6.77. The van der Waals surface area contributed by atoms with Gasteiger partial charge >= 0.3 is 0 Å². The number of carbonyl (C=O) groups is 1. The Balaban J connectivity index is 1.46. The van der Waals surface area contributed by atoms with Gasteiger partial charge in [-0.1, -0.05) is 6.92 Å². The first kappa shape index (κ1) is 14.6. The van der Waals surface area contributed by atoms with Crippen LogP contribution >= 0.6 is 11.3 Å². The Hall–Kier alpha value is -0.980. The maximum absolute atomic E-state index is 12.6. The lowest BCUT2D eigenvalue weighted by atomic mass is 9.84. The molecule has 5 nitrogen and oxygen atoms in total. The molecule has 0 spiro atoms. The molecule has 2 aliphatic carbocycles. The Kier molecular flexibility index (Phi) is 3.71. The van der Waals surface area contributed by atoms with Crippen molar-refractivity contribution < 1.29 is 4.79 Å². The molecule has 1 amide bonds. The SMILES string of the molecule is CCN1CCc2nc(NC(=O)C3C4CCC(C4)C3N)sc2C1. The lowest BCUT2D eigenvalue weighted by molar-refractivity contribution is -0.121. The largest absolute Gasteiger partial charge is 0.327 e. The van der Waals surface area contributed by atoms with Gasteiger partial charge in [-0.25, -0.2) is 4.98 Å². The van der Waals surface area contributed by atoms with Crippen molar-refractivity contribution in [2.45, 2.75) is 45.2 Å². The molecule has 1 aromatic rings. The number of nitrogens with two attached hydrogens (primary N) is 1. The van der Waals surface area contributed by atoms with Crippen molar-refractivity contribution in [2.24, 2.45) is 23.5 Å². The van der Waals surface area contributed by atoms with Gasteiger partial charge in [-0.15, -0.1) is 11.3 Å². The summed E-state index contributed by atoms with van der Waals surface area (Å²) in [7, 11) is 0. The summed E-state index contributed by atoms with van der Waals surface area (Å²) in [6.45, 7) is 5.29. The molecule has 0 aromatic carbocycles. The highest BCUT2D eigenvalue weighted by atomic mass is 32.1. The van der Waals surface area contributed by atoms with Crippen molar-refractivity contribution in [2.75, 3.05) is 18.4 Å². The zero-order valence-electron chi connectivity index (χ0n) is 13.0. The second-order valence-corrected chi connectivity index (χ2v) is 8.02. The zero-order chi connectivity index (χ0) is 15.3. The fraction of sp³-hybridized carbons (Fsp3) is 0.750. The number of anilines is 1. The lowest BCUT2D eigenvalue weighted by Gasteiger charge is -2.26. The van der Waals surface area contributed by atoms with Crippen molar-refractivity contribution in [1.82, 2.24) is 9.88 Å². The first-order valence-electron chi connectivity index (χ1n) is 8.43. The number of likely N-dealkylation sites (N-methyl/N-ethyl adjacent to an activating group) is 1. The molecule has 1 aliphatic heterocycles. The number of amides is 1. The van der Waals surface area contributed by atoms with Crippen LogP contribution in [-0.4, -0.2) is 34.9 Å². The molecular formula is C16H24N4OS. The number of nitrogens with one attached hydrogen (secondary N) is 1. The van der Waals surface area contributed by atoms with Gasteiger partial charge < -0.3 is 11.1 Å². The second kappa shape index (κ2) is 5.58. The van der Waals surface area contributed by atoms with Crippen LogP contribution in [0.25, 0.3) is 0 Å². The van der Waals surface area contributed by atoms with E-state index < -0.39 is 0 Å². The molecular weight excluding hydrogens is 296 g/mol. The maximum Gasteiger partial charge on any atom is 0.231 e. The van der Waals surface area contributed by atoms with Crippen molar-refractivity contribution in [1.29, 1.82) is 0 Å². The van der Waals surface area contributed by atoms with Crippen molar-refractivity contribution in [3.05, 3.63) is 10.6 Å². The van der Waals surface area contributed by atoms with E-state index in [0.717, 1.165) is 44.0 Å². The predicted octanol–water partition coefficient (Wildman–Crippen LogP) is 1.83.